The van der Waals surface area contributed by atoms with Gasteiger partial charge in [-0.3, -0.25) is 0 Å². The van der Waals surface area contributed by atoms with E-state index in [-0.39, 0.29) is 17.9 Å². The molecular weight excluding hydrogens is 485 g/mol. The van der Waals surface area contributed by atoms with Crippen molar-refractivity contribution in [2.24, 2.45) is 23.5 Å². The molecule has 2 aromatic rings. The monoisotopic (exact) mass is 531 g/mol. The Labute approximate surface area is 226 Å². The largest absolute Gasteiger partial charge is 0.431 e. The number of furan rings is 1. The number of carbonyl (C=O) groups excluding carboxylic acids is 1. The third kappa shape index (κ3) is 6.35. The molecule has 4 atom stereocenters. The Kier molecular flexibility index (Phi) is 10.1. The van der Waals surface area contributed by atoms with Gasteiger partial charge in [0.25, 0.3) is 6.01 Å². The van der Waals surface area contributed by atoms with Gasteiger partial charge < -0.3 is 30.2 Å². The van der Waals surface area contributed by atoms with Gasteiger partial charge in [0.05, 0.1) is 5.60 Å². The van der Waals surface area contributed by atoms with Gasteiger partial charge in [-0.25, -0.2) is 4.79 Å². The summed E-state index contributed by atoms with van der Waals surface area (Å²) in [5.41, 5.74) is 5.66. The molecule has 0 bridgehead atoms. The molecule has 1 saturated carbocycles. The molecule has 1 aromatic carbocycles. The third-order valence-corrected chi connectivity index (χ3v) is 9.03. The van der Waals surface area contributed by atoms with E-state index in [2.05, 4.69) is 5.32 Å². The molecule has 7 nitrogen and oxygen atoms in total. The van der Waals surface area contributed by atoms with Gasteiger partial charge in [-0.15, -0.1) is 0 Å². The molecule has 2 aliphatic rings. The van der Waals surface area contributed by atoms with Crippen LogP contribution in [0.1, 0.15) is 76.2 Å². The summed E-state index contributed by atoms with van der Waals surface area (Å²) in [5, 5.41) is 16.8. The molecule has 0 radical (unpaired) electrons. The number of nitrogens with one attached hydrogen (secondary N) is 1. The average molecular weight is 532 g/mol. The molecule has 1 aromatic heterocycles. The van der Waals surface area contributed by atoms with Crippen LogP contribution < -0.4 is 11.1 Å². The van der Waals surface area contributed by atoms with E-state index in [1.807, 2.05) is 24.1 Å². The van der Waals surface area contributed by atoms with Crippen molar-refractivity contribution in [3.63, 3.8) is 0 Å². The molecule has 1 aliphatic heterocycles. The highest BCUT2D eigenvalue weighted by atomic mass is 19.1. The number of nitrogens with two attached hydrogens (primary N) is 1. The average Bonchev–Trinajstić information content (AvgIpc) is 3.31. The maximum absolute atomic E-state index is 14.3. The number of primary amides is 1. The van der Waals surface area contributed by atoms with Gasteiger partial charge in [0.15, 0.2) is 0 Å². The minimum absolute atomic E-state index is 0.138. The number of para-hydroxylation sites is 1. The second-order valence-corrected chi connectivity index (χ2v) is 11.5. The lowest BCUT2D eigenvalue weighted by atomic mass is 9.65. The Balaban J connectivity index is 1.78. The predicted octanol–water partition coefficient (Wildman–Crippen LogP) is 5.54. The number of rotatable bonds is 12. The number of likely N-dealkylation sites (tertiary alicyclic amines) is 1. The smallest absolute Gasteiger partial charge is 0.315 e. The van der Waals surface area contributed by atoms with Crippen molar-refractivity contribution in [3.8, 4) is 0 Å². The Morgan fingerprint density at radius 2 is 2.05 bits per heavy atom. The van der Waals surface area contributed by atoms with Crippen LogP contribution in [0.3, 0.4) is 0 Å². The highest BCUT2D eigenvalue weighted by Crippen LogP contribution is 2.48. The van der Waals surface area contributed by atoms with Crippen LogP contribution in [-0.2, 0) is 10.3 Å². The number of ether oxygens (including phenoxy) is 1. The summed E-state index contributed by atoms with van der Waals surface area (Å²) in [5.74, 6) is 0.475. The van der Waals surface area contributed by atoms with Crippen LogP contribution in [0.5, 0.6) is 0 Å². The Morgan fingerprint density at radius 3 is 2.76 bits per heavy atom. The molecule has 8 heteroatoms. The third-order valence-electron chi connectivity index (χ3n) is 9.03. The van der Waals surface area contributed by atoms with Gasteiger partial charge in [0.2, 0.25) is 0 Å². The van der Waals surface area contributed by atoms with Gasteiger partial charge in [-0.05, 0) is 64.0 Å². The fraction of sp³-hybridized carbons (Fsp3) is 0.700. The molecule has 1 saturated heterocycles. The first-order valence-electron chi connectivity index (χ1n) is 14.5. The van der Waals surface area contributed by atoms with Crippen molar-refractivity contribution < 1.29 is 23.4 Å². The number of fused-ring (bicyclic) bond motifs is 1. The highest BCUT2D eigenvalue weighted by Gasteiger charge is 2.50. The van der Waals surface area contributed by atoms with E-state index in [0.29, 0.717) is 42.0 Å². The molecule has 212 valence electrons. The number of urea groups is 1. The molecule has 2 heterocycles. The molecule has 2 fully saturated rings. The molecule has 2 amide bonds. The summed E-state index contributed by atoms with van der Waals surface area (Å²) >= 11 is 0. The van der Waals surface area contributed by atoms with E-state index in [0.717, 1.165) is 38.6 Å². The zero-order valence-electron chi connectivity index (χ0n) is 23.1. The lowest BCUT2D eigenvalue weighted by Crippen LogP contribution is -2.60. The van der Waals surface area contributed by atoms with Crippen LogP contribution >= 0.6 is 0 Å². The molecule has 4 rings (SSSR count). The number of methoxy groups -OCH3 is 1. The predicted molar refractivity (Wildman–Crippen MR) is 147 cm³/mol. The topological polar surface area (TPSA) is 101 Å². The van der Waals surface area contributed by atoms with E-state index in [9.17, 15) is 14.3 Å². The summed E-state index contributed by atoms with van der Waals surface area (Å²) in [6.45, 7) is 1.92. The standard InChI is InChI=1S/C30H46FN3O4/c1-33-20-23(18-21-10-4-3-5-11-21)27-24(14-9-16-34(27)29(32)35)30(36,15-6-7-17-37-2)25-13-8-12-22-19-26(31)38-28(22)25/h8,12-13,19,21,23-24,27,33,36H,3-7,9-11,14-18,20H2,1-2H3,(H2,32,35)/t23-,24?,27?,30-/m0/s1. The lowest BCUT2D eigenvalue weighted by molar-refractivity contribution is -0.0931. The summed E-state index contributed by atoms with van der Waals surface area (Å²) in [7, 11) is 3.62. The van der Waals surface area contributed by atoms with Crippen molar-refractivity contribution in [1.29, 1.82) is 0 Å². The maximum atomic E-state index is 14.3. The van der Waals surface area contributed by atoms with Crippen LogP contribution in [0.25, 0.3) is 11.0 Å². The number of hydrogen-bond donors (Lipinski definition) is 3. The molecule has 38 heavy (non-hydrogen) atoms. The Bertz CT molecular complexity index is 1040. The van der Waals surface area contributed by atoms with Crippen LogP contribution in [-0.4, -0.2) is 55.9 Å². The minimum Gasteiger partial charge on any atom is -0.431 e. The molecule has 4 N–H and O–H groups in total. The number of unbranched alkanes of at least 4 members (excludes halogenated alkanes) is 1. The second kappa shape index (κ2) is 13.3. The van der Waals surface area contributed by atoms with Gasteiger partial charge in [0.1, 0.15) is 5.58 Å². The van der Waals surface area contributed by atoms with Crippen molar-refractivity contribution in [3.05, 3.63) is 35.8 Å². The van der Waals surface area contributed by atoms with E-state index in [4.69, 9.17) is 14.9 Å². The number of benzene rings is 1. The molecule has 2 unspecified atom stereocenters. The van der Waals surface area contributed by atoms with Crippen LogP contribution in [0.2, 0.25) is 0 Å². The van der Waals surface area contributed by atoms with Crippen LogP contribution in [0, 0.1) is 23.8 Å². The number of aliphatic hydroxyl groups is 1. The normalized spacial score (nSPS) is 23.4. The number of amides is 2. The van der Waals surface area contributed by atoms with Crippen molar-refractivity contribution in [2.45, 2.75) is 82.3 Å². The Morgan fingerprint density at radius 1 is 1.26 bits per heavy atom. The van der Waals surface area contributed by atoms with Gasteiger partial charge >= 0.3 is 6.03 Å². The lowest BCUT2D eigenvalue weighted by Gasteiger charge is -2.51. The number of piperidine rings is 1. The SMILES string of the molecule is CNC[C@H](CC1CCCCC1)C1C([C@@](O)(CCCCOC)c2cccc3cc(F)oc23)CCCN1C(N)=O. The fourth-order valence-corrected chi connectivity index (χ4v) is 7.37. The summed E-state index contributed by atoms with van der Waals surface area (Å²) in [6.07, 6.45) is 10.7. The van der Waals surface area contributed by atoms with Gasteiger partial charge in [0, 0.05) is 49.2 Å². The zero-order chi connectivity index (χ0) is 27.1. The van der Waals surface area contributed by atoms with Crippen LogP contribution in [0.4, 0.5) is 9.18 Å². The van der Waals surface area contributed by atoms with Crippen LogP contribution in [0.15, 0.2) is 28.7 Å². The summed E-state index contributed by atoms with van der Waals surface area (Å²) in [4.78, 5) is 14.7. The van der Waals surface area contributed by atoms with E-state index in [1.165, 1.54) is 38.2 Å². The Hall–Kier alpha value is -2.16. The number of carbonyl (C=O) groups is 1. The van der Waals surface area contributed by atoms with Crippen molar-refractivity contribution >= 4 is 17.0 Å². The van der Waals surface area contributed by atoms with Gasteiger partial charge in [-0.1, -0.05) is 50.3 Å². The highest BCUT2D eigenvalue weighted by molar-refractivity contribution is 5.81. The van der Waals surface area contributed by atoms with E-state index in [1.54, 1.807) is 13.2 Å². The first kappa shape index (κ1) is 28.8. The quantitative estimate of drug-likeness (QED) is 0.312. The number of nitrogens with zero attached hydrogens (tertiary/aromatic N) is 1. The first-order valence-corrected chi connectivity index (χ1v) is 14.5. The van der Waals surface area contributed by atoms with Crippen molar-refractivity contribution in [2.75, 3.05) is 33.9 Å². The molecule has 1 aliphatic carbocycles. The molecular formula is C30H46FN3O4. The second-order valence-electron chi connectivity index (χ2n) is 11.5. The first-order chi connectivity index (χ1) is 18.4. The fourth-order valence-electron chi connectivity index (χ4n) is 7.37. The van der Waals surface area contributed by atoms with E-state index < -0.39 is 17.6 Å². The minimum atomic E-state index is -1.32. The van der Waals surface area contributed by atoms with E-state index >= 15 is 0 Å². The summed E-state index contributed by atoms with van der Waals surface area (Å²) in [6, 6.07) is 5.53. The van der Waals surface area contributed by atoms with Gasteiger partial charge in [-0.2, -0.15) is 4.39 Å². The van der Waals surface area contributed by atoms with Crippen molar-refractivity contribution in [1.82, 2.24) is 10.2 Å². The number of halogens is 1. The summed E-state index contributed by atoms with van der Waals surface area (Å²) < 4.78 is 25.1. The maximum Gasteiger partial charge on any atom is 0.315 e. The number of hydrogen-bond acceptors (Lipinski definition) is 5. The molecule has 0 spiro atoms. The zero-order valence-corrected chi connectivity index (χ0v) is 23.1.